The molecule has 2 saturated heterocycles. The second-order valence-electron chi connectivity index (χ2n) is 4.17. The molecule has 2 fully saturated rings. The minimum atomic E-state index is -2.95. The van der Waals surface area contributed by atoms with Crippen LogP contribution in [0.4, 0.5) is 0 Å². The van der Waals surface area contributed by atoms with Crippen LogP contribution < -0.4 is 16.1 Å². The van der Waals surface area contributed by atoms with E-state index in [4.69, 9.17) is 9.47 Å². The average Bonchev–Trinajstić information content (AvgIpc) is 3.04. The largest absolute Gasteiger partial charge is 0.566 e. The Morgan fingerprint density at radius 1 is 1.42 bits per heavy atom. The summed E-state index contributed by atoms with van der Waals surface area (Å²) in [5.41, 5.74) is -1.11. The highest BCUT2D eigenvalue weighted by Gasteiger charge is 2.59. The van der Waals surface area contributed by atoms with Crippen LogP contribution in [0.1, 0.15) is 6.23 Å². The van der Waals surface area contributed by atoms with Gasteiger partial charge in [-0.25, -0.2) is 4.79 Å². The van der Waals surface area contributed by atoms with Gasteiger partial charge < -0.3 is 14.4 Å². The van der Waals surface area contributed by atoms with Crippen molar-refractivity contribution >= 4 is 8.25 Å². The Balaban J connectivity index is 1.76. The lowest BCUT2D eigenvalue weighted by molar-refractivity contribution is -0.189. The van der Waals surface area contributed by atoms with E-state index >= 15 is 0 Å². The molecule has 1 aromatic heterocycles. The number of hydrogen-bond acceptors (Lipinski definition) is 7. The molecule has 0 aliphatic carbocycles. The van der Waals surface area contributed by atoms with Crippen LogP contribution in [-0.2, 0) is 18.6 Å². The van der Waals surface area contributed by atoms with Crippen molar-refractivity contribution in [2.24, 2.45) is 0 Å². The standard InChI is InChI=1S/C9H9N2O7P/c12-5-1-2-11(9(13)10-5)8-7-6(18-7)4(17-8)3-16-19(14)15/h1-2,4,6-8H,3H2,(H,10,12,13)/t4-,6+,7+,8-/m1/s1. The van der Waals surface area contributed by atoms with Gasteiger partial charge in [0, 0.05) is 12.3 Å². The molecule has 102 valence electrons. The number of ether oxygens (including phenoxy) is 2. The summed E-state index contributed by atoms with van der Waals surface area (Å²) in [4.78, 5) is 35.0. The van der Waals surface area contributed by atoms with E-state index in [2.05, 4.69) is 9.51 Å². The Labute approximate surface area is 106 Å². The number of fused-ring (bicyclic) bond motifs is 1. The summed E-state index contributed by atoms with van der Waals surface area (Å²) >= 11 is 0. The Hall–Kier alpha value is -1.38. The van der Waals surface area contributed by atoms with Crippen molar-refractivity contribution in [1.29, 1.82) is 0 Å². The summed E-state index contributed by atoms with van der Waals surface area (Å²) in [6.07, 6.45) is -0.559. The van der Waals surface area contributed by atoms with Crippen molar-refractivity contribution in [3.05, 3.63) is 33.1 Å². The Morgan fingerprint density at radius 2 is 2.21 bits per heavy atom. The van der Waals surface area contributed by atoms with E-state index in [1.165, 1.54) is 16.8 Å². The van der Waals surface area contributed by atoms with Gasteiger partial charge in [-0.05, 0) is 4.57 Å². The molecular weight excluding hydrogens is 279 g/mol. The van der Waals surface area contributed by atoms with Gasteiger partial charge in [-0.15, -0.1) is 4.52 Å². The average molecular weight is 288 g/mol. The Morgan fingerprint density at radius 3 is 2.89 bits per heavy atom. The fraction of sp³-hybridized carbons (Fsp3) is 0.556. The highest BCUT2D eigenvalue weighted by atomic mass is 31.1. The van der Waals surface area contributed by atoms with Gasteiger partial charge in [0.05, 0.1) is 0 Å². The molecular formula is C9H9N2O7P. The molecule has 2 aliphatic heterocycles. The minimum Gasteiger partial charge on any atom is -0.566 e. The van der Waals surface area contributed by atoms with Crippen LogP contribution in [-0.4, -0.2) is 34.5 Å². The number of epoxide rings is 1. The number of H-pyrrole nitrogens is 1. The number of aromatic nitrogens is 2. The second-order valence-corrected chi connectivity index (χ2v) is 4.87. The third kappa shape index (κ3) is 2.38. The number of nitrogens with zero attached hydrogens (tertiary/aromatic N) is 1. The second kappa shape index (κ2) is 4.62. The normalized spacial score (nSPS) is 33.0. The zero-order valence-corrected chi connectivity index (χ0v) is 10.3. The highest BCUT2D eigenvalue weighted by molar-refractivity contribution is 7.30. The monoisotopic (exact) mass is 288 g/mol. The quantitative estimate of drug-likeness (QED) is 0.513. The summed E-state index contributed by atoms with van der Waals surface area (Å²) < 4.78 is 26.8. The molecule has 19 heavy (non-hydrogen) atoms. The van der Waals surface area contributed by atoms with E-state index in [0.29, 0.717) is 0 Å². The van der Waals surface area contributed by atoms with Gasteiger partial charge in [-0.2, -0.15) is 0 Å². The van der Waals surface area contributed by atoms with Crippen molar-refractivity contribution in [3.63, 3.8) is 0 Å². The molecule has 1 N–H and O–H groups in total. The van der Waals surface area contributed by atoms with E-state index in [0.717, 1.165) is 0 Å². The molecule has 0 bridgehead atoms. The van der Waals surface area contributed by atoms with E-state index in [1.54, 1.807) is 0 Å². The first kappa shape index (κ1) is 12.6. The van der Waals surface area contributed by atoms with Gasteiger partial charge in [0.2, 0.25) is 0 Å². The predicted octanol–water partition coefficient (Wildman–Crippen LogP) is -1.76. The van der Waals surface area contributed by atoms with Crippen molar-refractivity contribution in [2.45, 2.75) is 24.5 Å². The van der Waals surface area contributed by atoms with Crippen LogP contribution in [0, 0.1) is 0 Å². The molecule has 10 heteroatoms. The lowest BCUT2D eigenvalue weighted by Crippen LogP contribution is -2.34. The maximum atomic E-state index is 11.6. The molecule has 0 spiro atoms. The van der Waals surface area contributed by atoms with Crippen LogP contribution in [0.3, 0.4) is 0 Å². The van der Waals surface area contributed by atoms with Gasteiger partial charge in [-0.3, -0.25) is 14.3 Å². The number of nitrogens with one attached hydrogen (secondary N) is 1. The van der Waals surface area contributed by atoms with Gasteiger partial charge in [-0.1, -0.05) is 0 Å². The SMILES string of the molecule is O=c1ccn([C@@H]2O[C@H](CO[P+](=O)[O-])[C@@H]3O[C@@H]32)c(=O)[nH]1. The molecule has 0 radical (unpaired) electrons. The van der Waals surface area contributed by atoms with Crippen molar-refractivity contribution in [3.8, 4) is 0 Å². The molecule has 3 rings (SSSR count). The van der Waals surface area contributed by atoms with Crippen LogP contribution in [0.2, 0.25) is 0 Å². The number of hydrogen-bond donors (Lipinski definition) is 1. The van der Waals surface area contributed by atoms with Crippen molar-refractivity contribution in [2.75, 3.05) is 6.61 Å². The van der Waals surface area contributed by atoms with E-state index < -0.39 is 31.8 Å². The molecule has 1 unspecified atom stereocenters. The van der Waals surface area contributed by atoms with Gasteiger partial charge in [0.25, 0.3) is 5.56 Å². The van der Waals surface area contributed by atoms with Crippen molar-refractivity contribution < 1.29 is 23.5 Å². The fourth-order valence-electron chi connectivity index (χ4n) is 2.12. The topological polar surface area (TPSA) is 126 Å². The first-order chi connectivity index (χ1) is 9.06. The molecule has 3 heterocycles. The summed E-state index contributed by atoms with van der Waals surface area (Å²) in [5, 5.41) is 0. The van der Waals surface area contributed by atoms with Gasteiger partial charge in [0.1, 0.15) is 24.9 Å². The van der Waals surface area contributed by atoms with E-state index in [1.807, 2.05) is 0 Å². The van der Waals surface area contributed by atoms with Crippen LogP contribution in [0.25, 0.3) is 0 Å². The lowest BCUT2D eigenvalue weighted by Gasteiger charge is -2.17. The third-order valence-corrected chi connectivity index (χ3v) is 3.35. The first-order valence-electron chi connectivity index (χ1n) is 5.46. The van der Waals surface area contributed by atoms with Crippen LogP contribution in [0.5, 0.6) is 0 Å². The summed E-state index contributed by atoms with van der Waals surface area (Å²) in [5.74, 6) is 0. The Bertz CT molecular complexity index is 625. The fourth-order valence-corrected chi connectivity index (χ4v) is 2.39. The van der Waals surface area contributed by atoms with Gasteiger partial charge in [0.15, 0.2) is 6.23 Å². The maximum absolute atomic E-state index is 11.6. The number of aromatic amines is 1. The smallest absolute Gasteiger partial charge is 0.488 e. The summed E-state index contributed by atoms with van der Waals surface area (Å²) in [7, 11) is -2.95. The van der Waals surface area contributed by atoms with Crippen LogP contribution in [0.15, 0.2) is 21.9 Å². The maximum Gasteiger partial charge on any atom is 0.488 e. The molecule has 0 saturated carbocycles. The molecule has 9 nitrogen and oxygen atoms in total. The molecule has 5 atom stereocenters. The third-order valence-electron chi connectivity index (χ3n) is 2.99. The predicted molar refractivity (Wildman–Crippen MR) is 57.5 cm³/mol. The van der Waals surface area contributed by atoms with Gasteiger partial charge >= 0.3 is 13.9 Å². The van der Waals surface area contributed by atoms with E-state index in [-0.39, 0.29) is 18.8 Å². The molecule has 2 aliphatic rings. The first-order valence-corrected chi connectivity index (χ1v) is 6.55. The lowest BCUT2D eigenvalue weighted by atomic mass is 10.2. The Kier molecular flexibility index (Phi) is 3.08. The summed E-state index contributed by atoms with van der Waals surface area (Å²) in [6, 6.07) is 1.19. The minimum absolute atomic E-state index is 0.158. The van der Waals surface area contributed by atoms with Crippen LogP contribution >= 0.6 is 8.25 Å². The molecule has 1 aromatic rings. The zero-order chi connectivity index (χ0) is 13.6. The highest BCUT2D eigenvalue weighted by Crippen LogP contribution is 2.44. The van der Waals surface area contributed by atoms with Crippen molar-refractivity contribution in [1.82, 2.24) is 9.55 Å². The zero-order valence-electron chi connectivity index (χ0n) is 9.42. The summed E-state index contributed by atoms with van der Waals surface area (Å²) in [6.45, 7) is -0.158. The molecule has 0 aromatic carbocycles. The van der Waals surface area contributed by atoms with E-state index in [9.17, 15) is 19.0 Å². The number of rotatable bonds is 4. The molecule has 0 amide bonds.